The van der Waals surface area contributed by atoms with Crippen LogP contribution in [-0.2, 0) is 4.74 Å². The third-order valence-electron chi connectivity index (χ3n) is 5.37. The zero-order valence-electron chi connectivity index (χ0n) is 14.5. The average molecular weight is 350 g/mol. The Labute approximate surface area is 147 Å². The highest BCUT2D eigenvalue weighted by molar-refractivity contribution is 7.10. The molecule has 0 spiro atoms. The normalized spacial score (nSPS) is 27.8. The van der Waals surface area contributed by atoms with E-state index in [9.17, 15) is 4.79 Å². The summed E-state index contributed by atoms with van der Waals surface area (Å²) in [6.45, 7) is 8.44. The van der Waals surface area contributed by atoms with Crippen LogP contribution in [0.5, 0.6) is 0 Å². The Hall–Kier alpha value is -1.18. The first-order valence-electron chi connectivity index (χ1n) is 9.05. The highest BCUT2D eigenvalue weighted by Gasteiger charge is 2.40. The lowest BCUT2D eigenvalue weighted by atomic mass is 9.98. The van der Waals surface area contributed by atoms with Crippen molar-refractivity contribution in [2.24, 2.45) is 0 Å². The minimum Gasteiger partial charge on any atom is -0.374 e. The number of hydrogen-bond acceptors (Lipinski definition) is 6. The van der Waals surface area contributed by atoms with E-state index >= 15 is 0 Å². The molecule has 2 atom stereocenters. The van der Waals surface area contributed by atoms with Crippen molar-refractivity contribution in [1.29, 1.82) is 0 Å². The molecule has 2 aliphatic heterocycles. The van der Waals surface area contributed by atoms with Crippen LogP contribution >= 0.6 is 11.5 Å². The first kappa shape index (κ1) is 16.3. The van der Waals surface area contributed by atoms with Gasteiger partial charge in [-0.2, -0.15) is 4.37 Å². The summed E-state index contributed by atoms with van der Waals surface area (Å²) in [5.41, 5.74) is 1.63. The van der Waals surface area contributed by atoms with Gasteiger partial charge in [-0.05, 0) is 44.3 Å². The summed E-state index contributed by atoms with van der Waals surface area (Å²) < 4.78 is 10.4. The second-order valence-electron chi connectivity index (χ2n) is 7.05. The molecule has 0 bridgehead atoms. The number of ether oxygens (including phenoxy) is 1. The number of aromatic nitrogens is 1. The summed E-state index contributed by atoms with van der Waals surface area (Å²) in [5, 5.41) is 4.43. The summed E-state index contributed by atoms with van der Waals surface area (Å²) in [6, 6.07) is 0.687. The van der Waals surface area contributed by atoms with Gasteiger partial charge in [-0.1, -0.05) is 6.92 Å². The monoisotopic (exact) mass is 350 g/mol. The zero-order valence-corrected chi connectivity index (χ0v) is 15.3. The van der Waals surface area contributed by atoms with Crippen molar-refractivity contribution >= 4 is 22.4 Å². The molecule has 0 aromatic carbocycles. The van der Waals surface area contributed by atoms with Gasteiger partial charge in [0.25, 0.3) is 5.91 Å². The Balaban J connectivity index is 1.57. The number of piperidine rings is 1. The van der Waals surface area contributed by atoms with Crippen molar-refractivity contribution < 1.29 is 9.53 Å². The summed E-state index contributed by atoms with van der Waals surface area (Å²) in [7, 11) is 0. The van der Waals surface area contributed by atoms with E-state index in [1.807, 2.05) is 11.8 Å². The first-order chi connectivity index (χ1) is 11.7. The Morgan fingerprint density at radius 1 is 1.38 bits per heavy atom. The summed E-state index contributed by atoms with van der Waals surface area (Å²) in [6.07, 6.45) is 3.57. The lowest BCUT2D eigenvalue weighted by molar-refractivity contribution is -0.0895. The van der Waals surface area contributed by atoms with Crippen LogP contribution in [-0.4, -0.2) is 71.1 Å². The zero-order chi connectivity index (χ0) is 16.7. The van der Waals surface area contributed by atoms with Crippen molar-refractivity contribution in [1.82, 2.24) is 14.2 Å². The lowest BCUT2D eigenvalue weighted by Crippen LogP contribution is -2.61. The molecule has 1 aromatic rings. The van der Waals surface area contributed by atoms with Crippen LogP contribution in [0.15, 0.2) is 0 Å². The first-order valence-corrected chi connectivity index (χ1v) is 9.82. The smallest absolute Gasteiger partial charge is 0.259 e. The van der Waals surface area contributed by atoms with E-state index in [4.69, 9.17) is 4.74 Å². The van der Waals surface area contributed by atoms with Gasteiger partial charge < -0.3 is 19.9 Å². The number of aryl methyl sites for hydroxylation is 1. The summed E-state index contributed by atoms with van der Waals surface area (Å²) in [5.74, 6) is 0.126. The Morgan fingerprint density at radius 2 is 2.21 bits per heavy atom. The van der Waals surface area contributed by atoms with Crippen molar-refractivity contribution in [3.63, 3.8) is 0 Å². The number of anilines is 1. The minimum atomic E-state index is 0.126. The van der Waals surface area contributed by atoms with E-state index in [-0.39, 0.29) is 18.1 Å². The maximum absolute atomic E-state index is 13.3. The third-order valence-corrected chi connectivity index (χ3v) is 6.24. The van der Waals surface area contributed by atoms with Gasteiger partial charge in [0, 0.05) is 25.7 Å². The van der Waals surface area contributed by atoms with Gasteiger partial charge in [0.1, 0.15) is 5.00 Å². The quantitative estimate of drug-likeness (QED) is 0.900. The number of amides is 1. The number of morpholine rings is 1. The van der Waals surface area contributed by atoms with Gasteiger partial charge in [0.2, 0.25) is 0 Å². The van der Waals surface area contributed by atoms with Crippen molar-refractivity contribution in [2.45, 2.75) is 51.3 Å². The lowest BCUT2D eigenvalue weighted by Gasteiger charge is -2.47. The van der Waals surface area contributed by atoms with Crippen molar-refractivity contribution in [3.8, 4) is 0 Å². The van der Waals surface area contributed by atoms with E-state index in [0.29, 0.717) is 19.2 Å². The molecule has 1 amide bonds. The fourth-order valence-electron chi connectivity index (χ4n) is 3.75. The topological polar surface area (TPSA) is 57.7 Å². The van der Waals surface area contributed by atoms with E-state index in [1.165, 1.54) is 24.4 Å². The number of likely N-dealkylation sites (tertiary alicyclic amines) is 1. The van der Waals surface area contributed by atoms with Gasteiger partial charge in [-0.15, -0.1) is 0 Å². The molecule has 1 saturated carbocycles. The molecule has 1 aromatic heterocycles. The van der Waals surface area contributed by atoms with Gasteiger partial charge in [-0.3, -0.25) is 4.79 Å². The molecule has 3 aliphatic rings. The van der Waals surface area contributed by atoms with Crippen molar-refractivity contribution in [2.75, 3.05) is 38.1 Å². The molecule has 132 valence electrons. The Morgan fingerprint density at radius 3 is 2.96 bits per heavy atom. The van der Waals surface area contributed by atoms with Crippen LogP contribution < -0.4 is 5.32 Å². The molecule has 24 heavy (non-hydrogen) atoms. The highest BCUT2D eigenvalue weighted by Crippen LogP contribution is 2.33. The minimum absolute atomic E-state index is 0.126. The van der Waals surface area contributed by atoms with Crippen LogP contribution in [0.4, 0.5) is 5.00 Å². The second kappa shape index (κ2) is 6.61. The summed E-state index contributed by atoms with van der Waals surface area (Å²) >= 11 is 1.42. The number of carbonyl (C=O) groups excluding carboxylic acids is 1. The number of likely N-dealkylation sites (N-methyl/N-ethyl adjacent to an activating group) is 1. The number of hydrogen-bond donors (Lipinski definition) is 1. The second-order valence-corrected chi connectivity index (χ2v) is 7.82. The number of rotatable bonds is 4. The largest absolute Gasteiger partial charge is 0.374 e. The molecule has 3 heterocycles. The molecule has 6 nitrogen and oxygen atoms in total. The predicted octanol–water partition coefficient (Wildman–Crippen LogP) is 1.96. The van der Waals surface area contributed by atoms with Crippen LogP contribution in [0.2, 0.25) is 0 Å². The van der Waals surface area contributed by atoms with Crippen LogP contribution in [0.3, 0.4) is 0 Å². The Bertz CT molecular complexity index is 616. The fourth-order valence-corrected chi connectivity index (χ4v) is 4.62. The van der Waals surface area contributed by atoms with E-state index in [0.717, 1.165) is 42.3 Å². The van der Waals surface area contributed by atoms with Gasteiger partial charge in [0.05, 0.1) is 30.0 Å². The van der Waals surface area contributed by atoms with Gasteiger partial charge in [0.15, 0.2) is 0 Å². The predicted molar refractivity (Wildman–Crippen MR) is 94.8 cm³/mol. The van der Waals surface area contributed by atoms with E-state index in [1.54, 1.807) is 0 Å². The maximum Gasteiger partial charge on any atom is 0.259 e. The fraction of sp³-hybridized carbons (Fsp3) is 0.765. The standard InChI is InChI=1S/C17H26N4O2S/c1-3-20-7-6-14-13(10-20)21(8-9-23-14)17(22)15-11(2)19-24-16(15)18-12-4-5-12/h12-14,18H,3-10H2,1-2H3/t13-,14+/m0/s1. The van der Waals surface area contributed by atoms with E-state index in [2.05, 4.69) is 21.5 Å². The molecule has 1 N–H and O–H groups in total. The van der Waals surface area contributed by atoms with Crippen LogP contribution in [0, 0.1) is 6.92 Å². The summed E-state index contributed by atoms with van der Waals surface area (Å²) in [4.78, 5) is 17.8. The number of nitrogens with zero attached hydrogens (tertiary/aromatic N) is 3. The molecule has 7 heteroatoms. The SMILES string of the molecule is CCN1CC[C@H]2OCCN(C(=O)c3c(C)nsc3NC3CC3)[C@H]2C1. The molecular formula is C17H26N4O2S. The number of nitrogens with one attached hydrogen (secondary N) is 1. The number of carbonyl (C=O) groups is 1. The van der Waals surface area contributed by atoms with Crippen LogP contribution in [0.25, 0.3) is 0 Å². The average Bonchev–Trinajstić information content (AvgIpc) is 3.35. The maximum atomic E-state index is 13.3. The molecular weight excluding hydrogens is 324 g/mol. The third kappa shape index (κ3) is 3.05. The number of fused-ring (bicyclic) bond motifs is 1. The molecule has 4 rings (SSSR count). The molecule has 1 aliphatic carbocycles. The van der Waals surface area contributed by atoms with Crippen molar-refractivity contribution in [3.05, 3.63) is 11.3 Å². The molecule has 3 fully saturated rings. The van der Waals surface area contributed by atoms with E-state index < -0.39 is 0 Å². The van der Waals surface area contributed by atoms with Gasteiger partial charge >= 0.3 is 0 Å². The van der Waals surface area contributed by atoms with Gasteiger partial charge in [-0.25, -0.2) is 0 Å². The Kier molecular flexibility index (Phi) is 4.49. The molecule has 0 unspecified atom stereocenters. The molecule has 0 radical (unpaired) electrons. The molecule has 2 saturated heterocycles. The highest BCUT2D eigenvalue weighted by atomic mass is 32.1. The van der Waals surface area contributed by atoms with Crippen LogP contribution in [0.1, 0.15) is 42.2 Å².